The molecular weight excluding hydrogens is 591 g/mol. The van der Waals surface area contributed by atoms with E-state index in [2.05, 4.69) is 20.3 Å². The number of carbonyl (C=O) groups excluding carboxylic acids is 1. The first-order valence-corrected chi connectivity index (χ1v) is 16.2. The zero-order valence-corrected chi connectivity index (χ0v) is 24.8. The fourth-order valence-electron chi connectivity index (χ4n) is 5.27. The zero-order chi connectivity index (χ0) is 30.2. The Balaban J connectivity index is 1.25. The van der Waals surface area contributed by atoms with Crippen molar-refractivity contribution >= 4 is 33.0 Å². The Hall–Kier alpha value is -3.10. The van der Waals surface area contributed by atoms with E-state index >= 15 is 0 Å². The number of hydrogen-bond acceptors (Lipinski definition) is 9. The highest BCUT2D eigenvalue weighted by atomic mass is 32.2. The summed E-state index contributed by atoms with van der Waals surface area (Å²) < 4.78 is 65.9. The molecule has 3 heterocycles. The number of fused-ring (bicyclic) bond motifs is 1. The second-order valence-corrected chi connectivity index (χ2v) is 14.3. The maximum Gasteiger partial charge on any atom is 0.433 e. The minimum absolute atomic E-state index is 0.0803. The molecule has 2 aromatic heterocycles. The summed E-state index contributed by atoms with van der Waals surface area (Å²) in [5.41, 5.74) is -0.251. The monoisotopic (exact) mass is 623 g/mol. The third-order valence-electron chi connectivity index (χ3n) is 7.79. The molecule has 42 heavy (non-hydrogen) atoms. The molecule has 0 saturated heterocycles. The average molecular weight is 624 g/mol. The van der Waals surface area contributed by atoms with Gasteiger partial charge in [-0.05, 0) is 36.0 Å². The lowest BCUT2D eigenvalue weighted by Crippen LogP contribution is -2.29. The van der Waals surface area contributed by atoms with Crippen LogP contribution in [0.5, 0.6) is 0 Å². The average Bonchev–Trinajstić information content (AvgIpc) is 3.48. The van der Waals surface area contributed by atoms with Crippen molar-refractivity contribution in [3.05, 3.63) is 62.9 Å². The van der Waals surface area contributed by atoms with Crippen LogP contribution in [0.4, 0.5) is 19.1 Å². The number of amides is 1. The van der Waals surface area contributed by atoms with Crippen molar-refractivity contribution in [2.45, 2.75) is 76.3 Å². The molecule has 1 aliphatic carbocycles. The minimum atomic E-state index is -4.75. The highest BCUT2D eigenvalue weighted by Crippen LogP contribution is 2.43. The third kappa shape index (κ3) is 6.30. The maximum atomic E-state index is 13.5. The van der Waals surface area contributed by atoms with Crippen LogP contribution in [0.2, 0.25) is 0 Å². The van der Waals surface area contributed by atoms with Crippen LogP contribution in [0.15, 0.2) is 35.4 Å². The number of anilines is 1. The molecule has 5 rings (SSSR count). The number of thiazole rings is 1. The Morgan fingerprint density at radius 2 is 1.90 bits per heavy atom. The molecule has 2 aliphatic rings. The summed E-state index contributed by atoms with van der Waals surface area (Å²) in [6.07, 6.45) is 0.296. The number of rotatable bonds is 10. The number of benzene rings is 1. The Morgan fingerprint density at radius 3 is 2.50 bits per heavy atom. The molecule has 226 valence electrons. The van der Waals surface area contributed by atoms with E-state index in [9.17, 15) is 31.5 Å². The molecule has 1 saturated carbocycles. The van der Waals surface area contributed by atoms with Gasteiger partial charge >= 0.3 is 6.18 Å². The number of aliphatic hydroxyl groups excluding tert-OH is 1. The van der Waals surface area contributed by atoms with Gasteiger partial charge in [-0.1, -0.05) is 45.2 Å². The molecule has 0 radical (unpaired) electrons. The summed E-state index contributed by atoms with van der Waals surface area (Å²) in [6.45, 7) is 3.33. The van der Waals surface area contributed by atoms with Crippen molar-refractivity contribution in [1.82, 2.24) is 20.3 Å². The van der Waals surface area contributed by atoms with Crippen LogP contribution in [-0.4, -0.2) is 40.1 Å². The van der Waals surface area contributed by atoms with Crippen molar-refractivity contribution < 1.29 is 31.5 Å². The second kappa shape index (κ2) is 11.9. The van der Waals surface area contributed by atoms with Gasteiger partial charge < -0.3 is 15.3 Å². The Morgan fingerprint density at radius 1 is 1.19 bits per heavy atom. The minimum Gasteiger partial charge on any atom is -0.392 e. The molecule has 1 aliphatic heterocycles. The van der Waals surface area contributed by atoms with Crippen molar-refractivity contribution in [2.24, 2.45) is 11.8 Å². The summed E-state index contributed by atoms with van der Waals surface area (Å²) in [5, 5.41) is 12.4. The molecule has 0 unspecified atom stereocenters. The Labute approximate surface area is 246 Å². The highest BCUT2D eigenvalue weighted by molar-refractivity contribution is 7.91. The molecule has 9 nitrogen and oxygen atoms in total. The SMILES string of the molecule is CC(C)[C@H]1c2nc(C(=O)NCc3ccc(S(=O)(=O)CCC4CCC4)cc3)sc2CN1c1ncc(CO)c(C(F)(F)F)n1. The largest absolute Gasteiger partial charge is 0.433 e. The van der Waals surface area contributed by atoms with Crippen molar-refractivity contribution in [1.29, 1.82) is 0 Å². The molecule has 2 N–H and O–H groups in total. The first kappa shape index (κ1) is 30.4. The fraction of sp³-hybridized carbons (Fsp3) is 0.500. The van der Waals surface area contributed by atoms with Gasteiger partial charge in [0.05, 0.1) is 40.4 Å². The lowest BCUT2D eigenvalue weighted by atomic mass is 9.84. The second-order valence-electron chi connectivity index (χ2n) is 11.1. The summed E-state index contributed by atoms with van der Waals surface area (Å²) >= 11 is 1.16. The van der Waals surface area contributed by atoms with Crippen LogP contribution in [0.25, 0.3) is 0 Å². The molecule has 0 bridgehead atoms. The van der Waals surface area contributed by atoms with Crippen molar-refractivity contribution in [3.63, 3.8) is 0 Å². The van der Waals surface area contributed by atoms with Gasteiger partial charge in [0.15, 0.2) is 20.5 Å². The third-order valence-corrected chi connectivity index (χ3v) is 10.6. The quantitative estimate of drug-likeness (QED) is 0.321. The van der Waals surface area contributed by atoms with Crippen molar-refractivity contribution in [3.8, 4) is 0 Å². The summed E-state index contributed by atoms with van der Waals surface area (Å²) in [7, 11) is -3.35. The molecule has 1 atom stereocenters. The lowest BCUT2D eigenvalue weighted by Gasteiger charge is -2.28. The number of aliphatic hydroxyl groups is 1. The predicted octanol–water partition coefficient (Wildman–Crippen LogP) is 5.06. The van der Waals surface area contributed by atoms with Crippen LogP contribution in [0.1, 0.15) is 82.8 Å². The number of nitrogens with zero attached hydrogens (tertiary/aromatic N) is 4. The number of aromatic nitrogens is 3. The van der Waals surface area contributed by atoms with Crippen LogP contribution in [0.3, 0.4) is 0 Å². The van der Waals surface area contributed by atoms with Crippen LogP contribution in [0, 0.1) is 11.8 Å². The van der Waals surface area contributed by atoms with Crippen LogP contribution in [-0.2, 0) is 35.7 Å². The van der Waals surface area contributed by atoms with Gasteiger partial charge in [-0.3, -0.25) is 4.79 Å². The maximum absolute atomic E-state index is 13.5. The van der Waals surface area contributed by atoms with E-state index in [1.165, 1.54) is 6.42 Å². The molecule has 3 aromatic rings. The van der Waals surface area contributed by atoms with E-state index in [0.29, 0.717) is 18.0 Å². The molecule has 1 aromatic carbocycles. The van der Waals surface area contributed by atoms with Gasteiger partial charge in [0, 0.05) is 18.3 Å². The molecule has 14 heteroatoms. The zero-order valence-electron chi connectivity index (χ0n) is 23.2. The first-order chi connectivity index (χ1) is 19.9. The van der Waals surface area contributed by atoms with Gasteiger partial charge in [0.2, 0.25) is 5.95 Å². The van der Waals surface area contributed by atoms with Crippen molar-refractivity contribution in [2.75, 3.05) is 10.7 Å². The standard InChI is InChI=1S/C28H32F3N5O4S2/c1-16(2)23-22-21(14-36(23)27-33-13-19(15-37)24(35-27)28(29,30)31)41-26(34-22)25(38)32-12-18-6-8-20(9-7-18)42(39,40)11-10-17-4-3-5-17/h6-9,13,16-17,23,37H,3-5,10-12,14-15H2,1-2H3,(H,32,38)/t23-/m0/s1. The van der Waals surface area contributed by atoms with Gasteiger partial charge in [-0.2, -0.15) is 13.2 Å². The lowest BCUT2D eigenvalue weighted by molar-refractivity contribution is -0.142. The van der Waals surface area contributed by atoms with Crippen LogP contribution < -0.4 is 10.2 Å². The predicted molar refractivity (Wildman–Crippen MR) is 150 cm³/mol. The van der Waals surface area contributed by atoms with Gasteiger partial charge in [0.1, 0.15) is 0 Å². The van der Waals surface area contributed by atoms with E-state index in [1.54, 1.807) is 29.2 Å². The summed E-state index contributed by atoms with van der Waals surface area (Å²) in [5.74, 6) is 0.0463. The molecule has 1 fully saturated rings. The number of carbonyl (C=O) groups is 1. The summed E-state index contributed by atoms with van der Waals surface area (Å²) in [6, 6.07) is 6.05. The topological polar surface area (TPSA) is 125 Å². The van der Waals surface area contributed by atoms with E-state index in [1.807, 2.05) is 13.8 Å². The Bertz CT molecular complexity index is 1550. The van der Waals surface area contributed by atoms with Crippen LogP contribution >= 0.6 is 11.3 Å². The highest BCUT2D eigenvalue weighted by Gasteiger charge is 2.41. The smallest absolute Gasteiger partial charge is 0.392 e. The van der Waals surface area contributed by atoms with E-state index in [4.69, 9.17) is 0 Å². The number of halogens is 3. The summed E-state index contributed by atoms with van der Waals surface area (Å²) in [4.78, 5) is 28.0. The molecular formula is C28H32F3N5O4S2. The number of nitrogens with one attached hydrogen (secondary N) is 1. The Kier molecular flexibility index (Phi) is 8.59. The fourth-order valence-corrected chi connectivity index (χ4v) is 7.71. The van der Waals surface area contributed by atoms with Gasteiger partial charge in [-0.25, -0.2) is 23.4 Å². The van der Waals surface area contributed by atoms with E-state index < -0.39 is 45.8 Å². The van der Waals surface area contributed by atoms with Gasteiger partial charge in [-0.15, -0.1) is 11.3 Å². The number of hydrogen-bond donors (Lipinski definition) is 2. The molecule has 1 amide bonds. The number of sulfone groups is 1. The van der Waals surface area contributed by atoms with Gasteiger partial charge in [0.25, 0.3) is 5.91 Å². The number of alkyl halides is 3. The first-order valence-electron chi connectivity index (χ1n) is 13.8. The van der Waals surface area contributed by atoms with E-state index in [-0.39, 0.29) is 40.6 Å². The van der Waals surface area contributed by atoms with E-state index in [0.717, 1.165) is 40.8 Å². The normalized spacial score (nSPS) is 17.4. The molecule has 0 spiro atoms.